The number of hydrogen-bond donors (Lipinski definition) is 2. The van der Waals surface area contributed by atoms with E-state index in [0.717, 1.165) is 26.2 Å². The van der Waals surface area contributed by atoms with Gasteiger partial charge in [0.25, 0.3) is 0 Å². The van der Waals surface area contributed by atoms with Crippen molar-refractivity contribution in [3.8, 4) is 0 Å². The van der Waals surface area contributed by atoms with Gasteiger partial charge >= 0.3 is 0 Å². The van der Waals surface area contributed by atoms with Crippen LogP contribution in [0.3, 0.4) is 0 Å². The van der Waals surface area contributed by atoms with Crippen molar-refractivity contribution in [2.75, 3.05) is 39.3 Å². The van der Waals surface area contributed by atoms with Crippen LogP contribution in [0.1, 0.15) is 19.8 Å². The maximum atomic E-state index is 8.95. The Hall–Kier alpha value is -0.120. The van der Waals surface area contributed by atoms with Crippen molar-refractivity contribution >= 4 is 0 Å². The molecular formula is C10H22N2O. The molecule has 0 aliphatic carbocycles. The first-order valence-electron chi connectivity index (χ1n) is 5.40. The van der Waals surface area contributed by atoms with Gasteiger partial charge in [-0.3, -0.25) is 0 Å². The number of nitrogens with zero attached hydrogens (tertiary/aromatic N) is 1. The third-order valence-corrected chi connectivity index (χ3v) is 2.66. The average molecular weight is 186 g/mol. The predicted octanol–water partition coefficient (Wildman–Crippen LogP) is 0.300. The topological polar surface area (TPSA) is 35.5 Å². The molecule has 1 heterocycles. The van der Waals surface area contributed by atoms with Crippen LogP contribution in [0.2, 0.25) is 0 Å². The molecule has 0 saturated carbocycles. The van der Waals surface area contributed by atoms with Crippen LogP contribution in [0, 0.1) is 5.92 Å². The molecule has 1 aliphatic heterocycles. The van der Waals surface area contributed by atoms with Crippen LogP contribution in [0.5, 0.6) is 0 Å². The second-order valence-corrected chi connectivity index (χ2v) is 3.89. The minimum absolute atomic E-state index is 0.360. The molecule has 3 heteroatoms. The lowest BCUT2D eigenvalue weighted by atomic mass is 10.1. The van der Waals surface area contributed by atoms with E-state index < -0.39 is 0 Å². The molecule has 2 N–H and O–H groups in total. The molecule has 0 amide bonds. The van der Waals surface area contributed by atoms with Crippen LogP contribution in [0.4, 0.5) is 0 Å². The molecule has 0 bridgehead atoms. The third-order valence-electron chi connectivity index (χ3n) is 2.66. The second-order valence-electron chi connectivity index (χ2n) is 3.89. The molecule has 0 spiro atoms. The van der Waals surface area contributed by atoms with E-state index in [2.05, 4.69) is 17.1 Å². The summed E-state index contributed by atoms with van der Waals surface area (Å²) in [5.74, 6) is 0.533. The molecule has 1 aliphatic rings. The number of rotatable bonds is 6. The Morgan fingerprint density at radius 2 is 2.31 bits per heavy atom. The zero-order valence-electron chi connectivity index (χ0n) is 8.63. The van der Waals surface area contributed by atoms with E-state index in [1.54, 1.807) is 0 Å². The molecular weight excluding hydrogens is 164 g/mol. The molecule has 0 radical (unpaired) electrons. The zero-order chi connectivity index (χ0) is 9.52. The Morgan fingerprint density at radius 3 is 2.92 bits per heavy atom. The summed E-state index contributed by atoms with van der Waals surface area (Å²) in [4.78, 5) is 2.43. The molecule has 0 aromatic carbocycles. The summed E-state index contributed by atoms with van der Waals surface area (Å²) in [7, 11) is 0. The fourth-order valence-electron chi connectivity index (χ4n) is 1.80. The molecule has 78 valence electrons. The van der Waals surface area contributed by atoms with Gasteiger partial charge in [-0.25, -0.2) is 0 Å². The fraction of sp³-hybridized carbons (Fsp3) is 1.00. The summed E-state index contributed by atoms with van der Waals surface area (Å²) >= 11 is 0. The van der Waals surface area contributed by atoms with E-state index in [1.807, 2.05) is 0 Å². The number of aliphatic hydroxyl groups is 1. The molecule has 0 aromatic heterocycles. The summed E-state index contributed by atoms with van der Waals surface area (Å²) in [6, 6.07) is 0. The van der Waals surface area contributed by atoms with Gasteiger partial charge < -0.3 is 15.3 Å². The lowest BCUT2D eigenvalue weighted by Crippen LogP contribution is -2.31. The van der Waals surface area contributed by atoms with Crippen LogP contribution in [0.25, 0.3) is 0 Å². The monoisotopic (exact) mass is 186 g/mol. The van der Waals surface area contributed by atoms with E-state index >= 15 is 0 Å². The SMILES string of the molecule is CCCNCCN1CCC(CO)C1. The van der Waals surface area contributed by atoms with Crippen molar-refractivity contribution in [1.29, 1.82) is 0 Å². The summed E-state index contributed by atoms with van der Waals surface area (Å²) in [6.45, 7) is 8.15. The van der Waals surface area contributed by atoms with Crippen molar-refractivity contribution in [2.45, 2.75) is 19.8 Å². The molecule has 1 unspecified atom stereocenters. The van der Waals surface area contributed by atoms with Gasteiger partial charge in [0, 0.05) is 26.2 Å². The molecule has 0 aromatic rings. The van der Waals surface area contributed by atoms with Crippen molar-refractivity contribution in [2.24, 2.45) is 5.92 Å². The lowest BCUT2D eigenvalue weighted by molar-refractivity contribution is 0.222. The largest absolute Gasteiger partial charge is 0.396 e. The maximum Gasteiger partial charge on any atom is 0.0471 e. The standard InChI is InChI=1S/C10H22N2O/c1-2-4-11-5-7-12-6-3-10(8-12)9-13/h10-11,13H,2-9H2,1H3. The molecule has 3 nitrogen and oxygen atoms in total. The summed E-state index contributed by atoms with van der Waals surface area (Å²) in [6.07, 6.45) is 2.38. The third kappa shape index (κ3) is 4.07. The lowest BCUT2D eigenvalue weighted by Gasteiger charge is -2.15. The van der Waals surface area contributed by atoms with Crippen molar-refractivity contribution in [3.05, 3.63) is 0 Å². The van der Waals surface area contributed by atoms with Crippen LogP contribution in [-0.2, 0) is 0 Å². The molecule has 13 heavy (non-hydrogen) atoms. The van der Waals surface area contributed by atoms with Crippen LogP contribution < -0.4 is 5.32 Å². The first kappa shape index (κ1) is 11.0. The van der Waals surface area contributed by atoms with Gasteiger partial charge in [0.2, 0.25) is 0 Å². The van der Waals surface area contributed by atoms with E-state index in [-0.39, 0.29) is 0 Å². The van der Waals surface area contributed by atoms with Gasteiger partial charge in [0.15, 0.2) is 0 Å². The van der Waals surface area contributed by atoms with Gasteiger partial charge in [0.1, 0.15) is 0 Å². The average Bonchev–Trinajstić information content (AvgIpc) is 2.60. The number of aliphatic hydroxyl groups excluding tert-OH is 1. The quantitative estimate of drug-likeness (QED) is 0.586. The van der Waals surface area contributed by atoms with Crippen molar-refractivity contribution < 1.29 is 5.11 Å². The second kappa shape index (κ2) is 6.35. The molecule has 1 atom stereocenters. The summed E-state index contributed by atoms with van der Waals surface area (Å²) < 4.78 is 0. The number of nitrogens with one attached hydrogen (secondary N) is 1. The van der Waals surface area contributed by atoms with E-state index in [9.17, 15) is 0 Å². The first-order valence-corrected chi connectivity index (χ1v) is 5.40. The summed E-state index contributed by atoms with van der Waals surface area (Å²) in [5, 5.41) is 12.3. The van der Waals surface area contributed by atoms with Crippen LogP contribution >= 0.6 is 0 Å². The van der Waals surface area contributed by atoms with E-state index in [1.165, 1.54) is 19.4 Å². The minimum Gasteiger partial charge on any atom is -0.396 e. The van der Waals surface area contributed by atoms with Gasteiger partial charge in [-0.15, -0.1) is 0 Å². The summed E-state index contributed by atoms with van der Waals surface area (Å²) in [5.41, 5.74) is 0. The van der Waals surface area contributed by atoms with Crippen molar-refractivity contribution in [3.63, 3.8) is 0 Å². The Bertz CT molecular complexity index is 130. The van der Waals surface area contributed by atoms with Crippen molar-refractivity contribution in [1.82, 2.24) is 10.2 Å². The number of likely N-dealkylation sites (tertiary alicyclic amines) is 1. The fourth-order valence-corrected chi connectivity index (χ4v) is 1.80. The Kier molecular flexibility index (Phi) is 5.35. The highest BCUT2D eigenvalue weighted by atomic mass is 16.3. The van der Waals surface area contributed by atoms with Crippen LogP contribution in [0.15, 0.2) is 0 Å². The first-order chi connectivity index (χ1) is 6.36. The van der Waals surface area contributed by atoms with Gasteiger partial charge in [-0.05, 0) is 31.8 Å². The van der Waals surface area contributed by atoms with E-state index in [4.69, 9.17) is 5.11 Å². The predicted molar refractivity (Wildman–Crippen MR) is 54.8 cm³/mol. The highest BCUT2D eigenvalue weighted by Gasteiger charge is 2.20. The minimum atomic E-state index is 0.360. The Balaban J connectivity index is 1.97. The van der Waals surface area contributed by atoms with E-state index in [0.29, 0.717) is 12.5 Å². The highest BCUT2D eigenvalue weighted by molar-refractivity contribution is 4.74. The van der Waals surface area contributed by atoms with Gasteiger partial charge in [-0.2, -0.15) is 0 Å². The van der Waals surface area contributed by atoms with Gasteiger partial charge in [-0.1, -0.05) is 6.92 Å². The normalized spacial score (nSPS) is 24.0. The smallest absolute Gasteiger partial charge is 0.0471 e. The molecule has 1 saturated heterocycles. The highest BCUT2D eigenvalue weighted by Crippen LogP contribution is 2.14. The maximum absolute atomic E-state index is 8.95. The zero-order valence-corrected chi connectivity index (χ0v) is 8.63. The van der Waals surface area contributed by atoms with Gasteiger partial charge in [0.05, 0.1) is 0 Å². The number of hydrogen-bond acceptors (Lipinski definition) is 3. The molecule has 1 rings (SSSR count). The van der Waals surface area contributed by atoms with Crippen LogP contribution in [-0.4, -0.2) is 49.3 Å². The Morgan fingerprint density at radius 1 is 1.46 bits per heavy atom. The Labute approximate surface area is 81.1 Å². The molecule has 1 fully saturated rings.